The molecule has 0 radical (unpaired) electrons. The van der Waals surface area contributed by atoms with E-state index >= 15 is 0 Å². The van der Waals surface area contributed by atoms with Crippen LogP contribution in [-0.4, -0.2) is 29.6 Å². The molecule has 1 aliphatic rings. The lowest BCUT2D eigenvalue weighted by atomic mass is 9.80. The number of anilines is 1. The second-order valence-electron chi connectivity index (χ2n) is 4.95. The van der Waals surface area contributed by atoms with E-state index in [0.717, 1.165) is 6.42 Å². The zero-order chi connectivity index (χ0) is 15.5. The molecule has 1 aromatic carbocycles. The molecule has 8 heteroatoms. The molecule has 5 nitrogen and oxygen atoms in total. The van der Waals surface area contributed by atoms with Gasteiger partial charge in [0.15, 0.2) is 11.7 Å². The molecule has 1 fully saturated rings. The van der Waals surface area contributed by atoms with Gasteiger partial charge in [-0.3, -0.25) is 4.99 Å². The van der Waals surface area contributed by atoms with E-state index in [9.17, 15) is 18.3 Å². The molecule has 4 N–H and O–H groups in total. The molecule has 0 atom stereocenters. The Morgan fingerprint density at radius 1 is 1.38 bits per heavy atom. The number of nitrogens with two attached hydrogens (primary N) is 1. The number of hydrogen-bond donors (Lipinski definition) is 3. The van der Waals surface area contributed by atoms with Crippen molar-refractivity contribution < 1.29 is 23.0 Å². The normalized spacial score (nSPS) is 18.0. The van der Waals surface area contributed by atoms with Crippen LogP contribution in [0.25, 0.3) is 0 Å². The molecule has 116 valence electrons. The van der Waals surface area contributed by atoms with Gasteiger partial charge in [-0.15, -0.1) is 13.2 Å². The van der Waals surface area contributed by atoms with E-state index < -0.39 is 17.7 Å². The summed E-state index contributed by atoms with van der Waals surface area (Å²) < 4.78 is 40.7. The molecular weight excluding hydrogens is 287 g/mol. The van der Waals surface area contributed by atoms with Gasteiger partial charge in [-0.05, 0) is 31.4 Å². The van der Waals surface area contributed by atoms with Crippen molar-refractivity contribution in [2.45, 2.75) is 31.2 Å². The highest BCUT2D eigenvalue weighted by Crippen LogP contribution is 2.32. The lowest BCUT2D eigenvalue weighted by Gasteiger charge is -2.35. The Bertz CT molecular complexity index is 528. The molecule has 0 amide bonds. The molecular formula is C13H16F3N3O2. The third-order valence-electron chi connectivity index (χ3n) is 3.20. The molecule has 1 saturated carbocycles. The molecule has 0 heterocycles. The van der Waals surface area contributed by atoms with Crippen molar-refractivity contribution in [3.05, 3.63) is 24.3 Å². The second-order valence-corrected chi connectivity index (χ2v) is 4.95. The first-order valence-corrected chi connectivity index (χ1v) is 6.42. The highest BCUT2D eigenvalue weighted by atomic mass is 19.4. The number of aliphatic imine (C=N–C) groups is 1. The Kier molecular flexibility index (Phi) is 4.26. The smallest absolute Gasteiger partial charge is 0.404 e. The first kappa shape index (κ1) is 15.4. The molecule has 0 aromatic heterocycles. The number of guanidine groups is 1. The van der Waals surface area contributed by atoms with Gasteiger partial charge in [0.25, 0.3) is 0 Å². The van der Waals surface area contributed by atoms with Crippen molar-refractivity contribution in [1.82, 2.24) is 0 Å². The number of aliphatic hydroxyl groups is 1. The van der Waals surface area contributed by atoms with Crippen LogP contribution in [-0.2, 0) is 0 Å². The Hall–Kier alpha value is -1.96. The molecule has 0 unspecified atom stereocenters. The maximum Gasteiger partial charge on any atom is 0.573 e. The molecule has 1 aromatic rings. The lowest BCUT2D eigenvalue weighted by Crippen LogP contribution is -2.41. The fourth-order valence-electron chi connectivity index (χ4n) is 1.94. The largest absolute Gasteiger partial charge is 0.573 e. The topological polar surface area (TPSA) is 79.9 Å². The van der Waals surface area contributed by atoms with Gasteiger partial charge in [-0.2, -0.15) is 0 Å². The summed E-state index contributed by atoms with van der Waals surface area (Å²) in [5.41, 5.74) is 4.83. The van der Waals surface area contributed by atoms with Gasteiger partial charge in [0, 0.05) is 0 Å². The van der Waals surface area contributed by atoms with E-state index in [1.54, 1.807) is 0 Å². The summed E-state index contributed by atoms with van der Waals surface area (Å²) in [6.45, 7) is 0.119. The predicted octanol–water partition coefficient (Wildman–Crippen LogP) is 2.23. The van der Waals surface area contributed by atoms with Crippen molar-refractivity contribution in [2.24, 2.45) is 10.7 Å². The number of halogens is 3. The highest BCUT2D eigenvalue weighted by Gasteiger charge is 2.34. The maximum atomic E-state index is 12.3. The molecule has 0 aliphatic heterocycles. The summed E-state index contributed by atoms with van der Waals surface area (Å²) in [4.78, 5) is 3.95. The summed E-state index contributed by atoms with van der Waals surface area (Å²) in [7, 11) is 0. The Morgan fingerprint density at radius 3 is 2.62 bits per heavy atom. The monoisotopic (exact) mass is 303 g/mol. The van der Waals surface area contributed by atoms with E-state index in [-0.39, 0.29) is 18.2 Å². The zero-order valence-corrected chi connectivity index (χ0v) is 11.2. The van der Waals surface area contributed by atoms with Crippen LogP contribution in [0.5, 0.6) is 5.75 Å². The summed E-state index contributed by atoms with van der Waals surface area (Å²) in [5.74, 6) is -0.473. The standard InChI is InChI=1S/C13H16F3N3O2/c14-13(15,16)21-10-5-2-1-4-9(10)19-11(17)18-8-12(20)6-3-7-12/h1-2,4-5,20H,3,6-8H2,(H3,17,18,19). The number of para-hydroxylation sites is 2. The Morgan fingerprint density at radius 2 is 2.05 bits per heavy atom. The first-order valence-electron chi connectivity index (χ1n) is 6.42. The number of nitrogens with one attached hydrogen (secondary N) is 1. The fourth-order valence-corrected chi connectivity index (χ4v) is 1.94. The van der Waals surface area contributed by atoms with Gasteiger partial charge < -0.3 is 20.9 Å². The van der Waals surface area contributed by atoms with Crippen molar-refractivity contribution in [2.75, 3.05) is 11.9 Å². The lowest BCUT2D eigenvalue weighted by molar-refractivity contribution is -0.274. The third-order valence-corrected chi connectivity index (χ3v) is 3.20. The maximum absolute atomic E-state index is 12.3. The van der Waals surface area contributed by atoms with Crippen molar-refractivity contribution in [3.8, 4) is 5.75 Å². The number of nitrogens with zero attached hydrogens (tertiary/aromatic N) is 1. The van der Waals surface area contributed by atoms with E-state index in [1.807, 2.05) is 0 Å². The summed E-state index contributed by atoms with van der Waals surface area (Å²) in [6.07, 6.45) is -2.55. The van der Waals surface area contributed by atoms with E-state index in [1.165, 1.54) is 24.3 Å². The summed E-state index contributed by atoms with van der Waals surface area (Å²) in [6, 6.07) is 5.51. The minimum Gasteiger partial charge on any atom is -0.404 e. The number of benzene rings is 1. The van der Waals surface area contributed by atoms with Gasteiger partial charge in [0.1, 0.15) is 0 Å². The molecule has 21 heavy (non-hydrogen) atoms. The summed E-state index contributed by atoms with van der Waals surface area (Å²) in [5, 5.41) is 12.4. The van der Waals surface area contributed by atoms with Gasteiger partial charge in [0.2, 0.25) is 0 Å². The quantitative estimate of drug-likeness (QED) is 0.588. The van der Waals surface area contributed by atoms with Crippen LogP contribution in [0.2, 0.25) is 0 Å². The van der Waals surface area contributed by atoms with Gasteiger partial charge >= 0.3 is 6.36 Å². The predicted molar refractivity (Wildman–Crippen MR) is 72.0 cm³/mol. The van der Waals surface area contributed by atoms with Crippen molar-refractivity contribution in [1.29, 1.82) is 0 Å². The average Bonchev–Trinajstić information content (AvgIpc) is 2.35. The van der Waals surface area contributed by atoms with Crippen molar-refractivity contribution >= 4 is 11.6 Å². The van der Waals surface area contributed by atoms with Crippen LogP contribution in [0, 0.1) is 0 Å². The molecule has 0 saturated heterocycles. The molecule has 2 rings (SSSR count). The van der Waals surface area contributed by atoms with Crippen LogP contribution < -0.4 is 15.8 Å². The third kappa shape index (κ3) is 4.52. The zero-order valence-electron chi connectivity index (χ0n) is 11.2. The average molecular weight is 303 g/mol. The van der Waals surface area contributed by atoms with Crippen LogP contribution >= 0.6 is 0 Å². The van der Waals surface area contributed by atoms with Crippen LogP contribution in [0.4, 0.5) is 18.9 Å². The van der Waals surface area contributed by atoms with Gasteiger partial charge in [-0.25, -0.2) is 0 Å². The van der Waals surface area contributed by atoms with Gasteiger partial charge in [0.05, 0.1) is 17.8 Å². The van der Waals surface area contributed by atoms with E-state index in [0.29, 0.717) is 12.8 Å². The molecule has 0 spiro atoms. The fraction of sp³-hybridized carbons (Fsp3) is 0.462. The SMILES string of the molecule is NC(=NCC1(O)CCC1)Nc1ccccc1OC(F)(F)F. The van der Waals surface area contributed by atoms with Crippen LogP contribution in [0.15, 0.2) is 29.3 Å². The number of alkyl halides is 3. The summed E-state index contributed by atoms with van der Waals surface area (Å²) >= 11 is 0. The number of hydrogen-bond acceptors (Lipinski definition) is 3. The number of ether oxygens (including phenoxy) is 1. The van der Waals surface area contributed by atoms with E-state index in [4.69, 9.17) is 5.73 Å². The van der Waals surface area contributed by atoms with Crippen LogP contribution in [0.3, 0.4) is 0 Å². The Balaban J connectivity index is 2.03. The molecule has 1 aliphatic carbocycles. The highest BCUT2D eigenvalue weighted by molar-refractivity contribution is 5.93. The minimum atomic E-state index is -4.79. The molecule has 0 bridgehead atoms. The van der Waals surface area contributed by atoms with Crippen molar-refractivity contribution in [3.63, 3.8) is 0 Å². The van der Waals surface area contributed by atoms with E-state index in [2.05, 4.69) is 15.0 Å². The van der Waals surface area contributed by atoms with Crippen LogP contribution in [0.1, 0.15) is 19.3 Å². The van der Waals surface area contributed by atoms with Gasteiger partial charge in [-0.1, -0.05) is 12.1 Å². The first-order chi connectivity index (χ1) is 9.77. The minimum absolute atomic E-state index is 0.0525. The second kappa shape index (κ2) is 5.80. The Labute approximate surface area is 119 Å². The number of rotatable bonds is 4.